The van der Waals surface area contributed by atoms with Crippen LogP contribution in [0.25, 0.3) is 0 Å². The number of ether oxygens (including phenoxy) is 1. The van der Waals surface area contributed by atoms with Crippen molar-refractivity contribution in [2.24, 2.45) is 0 Å². The molecule has 1 unspecified atom stereocenters. The summed E-state index contributed by atoms with van der Waals surface area (Å²) in [6.45, 7) is 4.82. The Bertz CT molecular complexity index is 451. The minimum Gasteiger partial charge on any atom is -0.478 e. The van der Waals surface area contributed by atoms with Crippen LogP contribution in [0.2, 0.25) is 0 Å². The lowest BCUT2D eigenvalue weighted by atomic mass is 10.1. The van der Waals surface area contributed by atoms with Crippen molar-refractivity contribution in [1.82, 2.24) is 0 Å². The Balaban J connectivity index is 2.35. The lowest BCUT2D eigenvalue weighted by Gasteiger charge is -2.09. The third kappa shape index (κ3) is 6.08. The fraction of sp³-hybridized carbons (Fsp3) is 0.438. The Morgan fingerprint density at radius 3 is 2.63 bits per heavy atom. The highest BCUT2D eigenvalue weighted by Gasteiger charge is 2.00. The molecule has 19 heavy (non-hydrogen) atoms. The van der Waals surface area contributed by atoms with Crippen LogP contribution in [0.15, 0.2) is 24.3 Å². The van der Waals surface area contributed by atoms with Crippen molar-refractivity contribution < 1.29 is 14.6 Å². The maximum Gasteiger partial charge on any atom is 0.335 e. The van der Waals surface area contributed by atoms with E-state index in [2.05, 4.69) is 18.8 Å². The van der Waals surface area contributed by atoms with Gasteiger partial charge in [0, 0.05) is 18.6 Å². The van der Waals surface area contributed by atoms with Crippen LogP contribution in [0, 0.1) is 11.8 Å². The first-order valence-electron chi connectivity index (χ1n) is 6.57. The molecule has 0 spiro atoms. The number of unbranched alkanes of at least 4 members (excludes halogenated alkanes) is 1. The van der Waals surface area contributed by atoms with Gasteiger partial charge in [0.15, 0.2) is 0 Å². The fourth-order valence-electron chi connectivity index (χ4n) is 1.71. The number of benzene rings is 1. The second kappa shape index (κ2) is 8.34. The molecule has 3 heteroatoms. The quantitative estimate of drug-likeness (QED) is 0.630. The van der Waals surface area contributed by atoms with Crippen LogP contribution in [0.5, 0.6) is 0 Å². The summed E-state index contributed by atoms with van der Waals surface area (Å²) in [5.41, 5.74) is 1.14. The van der Waals surface area contributed by atoms with Gasteiger partial charge in [-0.3, -0.25) is 0 Å². The van der Waals surface area contributed by atoms with Gasteiger partial charge in [-0.05, 0) is 51.0 Å². The van der Waals surface area contributed by atoms with E-state index in [4.69, 9.17) is 9.84 Å². The summed E-state index contributed by atoms with van der Waals surface area (Å²) in [6.07, 6.45) is 3.15. The van der Waals surface area contributed by atoms with Gasteiger partial charge in [0.1, 0.15) is 0 Å². The molecule has 0 saturated carbocycles. The minimum atomic E-state index is -0.913. The van der Waals surface area contributed by atoms with Crippen molar-refractivity contribution in [3.05, 3.63) is 35.4 Å². The molecular weight excluding hydrogens is 240 g/mol. The van der Waals surface area contributed by atoms with E-state index in [0.717, 1.165) is 31.4 Å². The molecule has 1 N–H and O–H groups in total. The van der Waals surface area contributed by atoms with Crippen LogP contribution in [-0.2, 0) is 4.74 Å². The predicted octanol–water partition coefficient (Wildman–Crippen LogP) is 3.33. The lowest BCUT2D eigenvalue weighted by Crippen LogP contribution is -2.06. The van der Waals surface area contributed by atoms with Crippen LogP contribution in [0.3, 0.4) is 0 Å². The fourth-order valence-corrected chi connectivity index (χ4v) is 1.71. The largest absolute Gasteiger partial charge is 0.478 e. The second-order valence-corrected chi connectivity index (χ2v) is 4.34. The van der Waals surface area contributed by atoms with Gasteiger partial charge < -0.3 is 9.84 Å². The standard InChI is InChI=1S/C16H20O3/c1-3-19-13(2)7-5-4-6-8-14-9-11-15(12-10-14)16(17)18/h9-13H,3-5,7H2,1-2H3,(H,17,18). The Kier molecular flexibility index (Phi) is 6.70. The first-order valence-corrected chi connectivity index (χ1v) is 6.57. The van der Waals surface area contributed by atoms with Crippen molar-refractivity contribution in [3.63, 3.8) is 0 Å². The highest BCUT2D eigenvalue weighted by molar-refractivity contribution is 5.87. The number of hydrogen-bond donors (Lipinski definition) is 1. The zero-order valence-corrected chi connectivity index (χ0v) is 11.5. The monoisotopic (exact) mass is 260 g/mol. The molecule has 0 aliphatic heterocycles. The first-order chi connectivity index (χ1) is 9.13. The average Bonchev–Trinajstić information content (AvgIpc) is 2.39. The van der Waals surface area contributed by atoms with Crippen molar-refractivity contribution in [2.75, 3.05) is 6.61 Å². The minimum absolute atomic E-state index is 0.288. The number of rotatable bonds is 6. The maximum absolute atomic E-state index is 10.7. The van der Waals surface area contributed by atoms with Crippen LogP contribution in [0.1, 0.15) is 49.0 Å². The summed E-state index contributed by atoms with van der Waals surface area (Å²) in [5, 5.41) is 8.77. The number of carboxylic acids is 1. The number of carboxylic acid groups (broad SMARTS) is 1. The molecule has 0 aliphatic carbocycles. The van der Waals surface area contributed by atoms with Gasteiger partial charge in [-0.1, -0.05) is 11.8 Å². The van der Waals surface area contributed by atoms with Crippen molar-refractivity contribution >= 4 is 5.97 Å². The zero-order valence-electron chi connectivity index (χ0n) is 11.5. The van der Waals surface area contributed by atoms with Crippen LogP contribution in [0.4, 0.5) is 0 Å². The first kappa shape index (κ1) is 15.3. The Morgan fingerprint density at radius 2 is 2.05 bits per heavy atom. The van der Waals surface area contributed by atoms with Gasteiger partial charge in [-0.2, -0.15) is 0 Å². The van der Waals surface area contributed by atoms with Crippen molar-refractivity contribution in [3.8, 4) is 11.8 Å². The van der Waals surface area contributed by atoms with Gasteiger partial charge in [-0.15, -0.1) is 0 Å². The highest BCUT2D eigenvalue weighted by Crippen LogP contribution is 2.05. The number of aromatic carboxylic acids is 1. The molecule has 1 rings (SSSR count). The summed E-state index contributed by atoms with van der Waals surface area (Å²) < 4.78 is 5.44. The van der Waals surface area contributed by atoms with Crippen LogP contribution >= 0.6 is 0 Å². The smallest absolute Gasteiger partial charge is 0.335 e. The molecule has 0 amide bonds. The van der Waals surface area contributed by atoms with E-state index < -0.39 is 5.97 Å². The molecule has 3 nitrogen and oxygen atoms in total. The molecule has 1 aromatic rings. The van der Waals surface area contributed by atoms with Gasteiger partial charge in [0.05, 0.1) is 11.7 Å². The molecule has 1 aromatic carbocycles. The van der Waals surface area contributed by atoms with E-state index in [1.54, 1.807) is 24.3 Å². The van der Waals surface area contributed by atoms with E-state index in [9.17, 15) is 4.79 Å². The predicted molar refractivity (Wildman–Crippen MR) is 75.2 cm³/mol. The third-order valence-corrected chi connectivity index (χ3v) is 2.73. The Morgan fingerprint density at radius 1 is 1.37 bits per heavy atom. The van der Waals surface area contributed by atoms with E-state index in [-0.39, 0.29) is 5.56 Å². The van der Waals surface area contributed by atoms with Gasteiger partial charge in [0.25, 0.3) is 0 Å². The number of carbonyl (C=O) groups is 1. The van der Waals surface area contributed by atoms with Crippen molar-refractivity contribution in [2.45, 2.75) is 39.2 Å². The van der Waals surface area contributed by atoms with Crippen LogP contribution in [-0.4, -0.2) is 23.8 Å². The van der Waals surface area contributed by atoms with Gasteiger partial charge >= 0.3 is 5.97 Å². The third-order valence-electron chi connectivity index (χ3n) is 2.73. The molecule has 0 heterocycles. The normalized spacial score (nSPS) is 11.5. The summed E-state index contributed by atoms with van der Waals surface area (Å²) >= 11 is 0. The molecule has 0 fully saturated rings. The van der Waals surface area contributed by atoms with Crippen molar-refractivity contribution in [1.29, 1.82) is 0 Å². The van der Waals surface area contributed by atoms with Gasteiger partial charge in [0.2, 0.25) is 0 Å². The number of hydrogen-bond acceptors (Lipinski definition) is 2. The molecule has 0 radical (unpaired) electrons. The molecule has 0 aromatic heterocycles. The maximum atomic E-state index is 10.7. The van der Waals surface area contributed by atoms with Gasteiger partial charge in [-0.25, -0.2) is 4.79 Å². The Labute approximate surface area is 114 Å². The Hall–Kier alpha value is -1.79. The molecule has 1 atom stereocenters. The zero-order chi connectivity index (χ0) is 14.1. The van der Waals surface area contributed by atoms with E-state index in [0.29, 0.717) is 6.10 Å². The highest BCUT2D eigenvalue weighted by atomic mass is 16.5. The second-order valence-electron chi connectivity index (χ2n) is 4.34. The summed E-state index contributed by atoms with van der Waals surface area (Å²) in [4.78, 5) is 10.7. The molecule has 0 saturated heterocycles. The molecule has 0 bridgehead atoms. The molecule has 0 aliphatic rings. The topological polar surface area (TPSA) is 46.5 Å². The van der Waals surface area contributed by atoms with E-state index in [1.807, 2.05) is 6.92 Å². The lowest BCUT2D eigenvalue weighted by molar-refractivity contribution is 0.0689. The SMILES string of the molecule is CCOC(C)CCCC#Cc1ccc(C(=O)O)cc1. The summed E-state index contributed by atoms with van der Waals surface area (Å²) in [6, 6.07) is 6.62. The molecular formula is C16H20O3. The van der Waals surface area contributed by atoms with Crippen LogP contribution < -0.4 is 0 Å². The summed E-state index contributed by atoms with van der Waals surface area (Å²) in [7, 11) is 0. The van der Waals surface area contributed by atoms with E-state index >= 15 is 0 Å². The van der Waals surface area contributed by atoms with E-state index in [1.165, 1.54) is 0 Å². The summed E-state index contributed by atoms with van der Waals surface area (Å²) in [5.74, 6) is 5.22. The average molecular weight is 260 g/mol. The molecule has 102 valence electrons.